The minimum atomic E-state index is -0.805. The van der Waals surface area contributed by atoms with Gasteiger partial charge < -0.3 is 29.0 Å². The number of rotatable bonds is 6. The molecule has 2 fully saturated rings. The quantitative estimate of drug-likeness (QED) is 0.513. The second kappa shape index (κ2) is 12.6. The number of hydrogen-bond acceptors (Lipinski definition) is 9. The summed E-state index contributed by atoms with van der Waals surface area (Å²) in [6.07, 6.45) is 4.62. The van der Waals surface area contributed by atoms with Crippen LogP contribution in [0.3, 0.4) is 0 Å². The molecular formula is C29H36N6O6. The number of furan rings is 1. The maximum atomic E-state index is 11.9. The van der Waals surface area contributed by atoms with Gasteiger partial charge in [-0.15, -0.1) is 0 Å². The van der Waals surface area contributed by atoms with Crippen molar-refractivity contribution in [3.63, 3.8) is 0 Å². The van der Waals surface area contributed by atoms with Crippen molar-refractivity contribution in [2.24, 2.45) is 4.99 Å². The van der Waals surface area contributed by atoms with Crippen molar-refractivity contribution in [3.05, 3.63) is 53.0 Å². The Morgan fingerprint density at radius 1 is 1.10 bits per heavy atom. The molecule has 12 nitrogen and oxygen atoms in total. The molecule has 0 spiro atoms. The largest absolute Gasteiger partial charge is 0.497 e. The zero-order valence-electron chi connectivity index (χ0n) is 23.6. The Kier molecular flexibility index (Phi) is 8.70. The number of amides is 4. The van der Waals surface area contributed by atoms with Gasteiger partial charge in [0.25, 0.3) is 11.8 Å². The summed E-state index contributed by atoms with van der Waals surface area (Å²) in [6.45, 7) is 8.95. The lowest BCUT2D eigenvalue weighted by Crippen LogP contribution is -2.49. The van der Waals surface area contributed by atoms with Gasteiger partial charge in [-0.2, -0.15) is 0 Å². The normalized spacial score (nSPS) is 20.0. The molecular weight excluding hydrogens is 528 g/mol. The number of aliphatic imine (C=N–C) groups is 1. The predicted molar refractivity (Wildman–Crippen MR) is 152 cm³/mol. The highest BCUT2D eigenvalue weighted by Crippen LogP contribution is 2.32. The van der Waals surface area contributed by atoms with Crippen molar-refractivity contribution < 1.29 is 28.3 Å². The van der Waals surface area contributed by atoms with Gasteiger partial charge in [-0.25, -0.2) is 9.79 Å². The van der Waals surface area contributed by atoms with Gasteiger partial charge >= 0.3 is 6.03 Å². The van der Waals surface area contributed by atoms with Gasteiger partial charge in [0.05, 0.1) is 13.7 Å². The van der Waals surface area contributed by atoms with E-state index in [0.717, 1.165) is 81.6 Å². The van der Waals surface area contributed by atoms with E-state index in [9.17, 15) is 14.4 Å². The summed E-state index contributed by atoms with van der Waals surface area (Å²) in [6, 6.07) is 6.08. The lowest BCUT2D eigenvalue weighted by molar-refractivity contribution is -0.120. The van der Waals surface area contributed by atoms with E-state index < -0.39 is 18.0 Å². The van der Waals surface area contributed by atoms with Gasteiger partial charge in [0.1, 0.15) is 23.0 Å². The number of piperazine rings is 1. The van der Waals surface area contributed by atoms with Gasteiger partial charge in [0, 0.05) is 71.0 Å². The fraction of sp³-hybridized carbons (Fsp3) is 0.448. The van der Waals surface area contributed by atoms with E-state index in [1.807, 2.05) is 42.2 Å². The Labute approximate surface area is 238 Å². The third-order valence-electron chi connectivity index (χ3n) is 7.56. The molecule has 0 radical (unpaired) electrons. The molecule has 0 saturated carbocycles. The van der Waals surface area contributed by atoms with Crippen LogP contribution in [0.2, 0.25) is 0 Å². The fourth-order valence-electron chi connectivity index (χ4n) is 5.21. The number of hydrogen-bond donors (Lipinski definition) is 2. The summed E-state index contributed by atoms with van der Waals surface area (Å²) in [4.78, 5) is 46.2. The van der Waals surface area contributed by atoms with E-state index in [1.165, 1.54) is 0 Å². The first-order valence-electron chi connectivity index (χ1n) is 13.8. The van der Waals surface area contributed by atoms with E-state index >= 15 is 0 Å². The van der Waals surface area contributed by atoms with Gasteiger partial charge in [0.2, 0.25) is 0 Å². The van der Waals surface area contributed by atoms with E-state index in [1.54, 1.807) is 20.3 Å². The van der Waals surface area contributed by atoms with Crippen molar-refractivity contribution in [1.29, 1.82) is 0 Å². The molecule has 4 aliphatic heterocycles. The molecule has 1 unspecified atom stereocenters. The molecule has 2 saturated heterocycles. The molecule has 0 bridgehead atoms. The van der Waals surface area contributed by atoms with Crippen molar-refractivity contribution in [2.45, 2.75) is 25.9 Å². The standard InChI is InChI=1S/C18H23N5O4.C11H13NO2/c1-26-10-9-22-5-7-23(8-6-22)15-4-2-3-13-12(19-15)11-14(27-13)16-17(24)21-18(25)20-16;1-3-12-7-8-4-5-9(14-2)6-10(8)11(12)13/h2-3,11,16H,4-10H2,1H3,(H2,20,21,24,25);4-6H,3,7H2,1-2H3. The summed E-state index contributed by atoms with van der Waals surface area (Å²) >= 11 is 0. The second-order valence-corrected chi connectivity index (χ2v) is 10.1. The maximum absolute atomic E-state index is 11.9. The van der Waals surface area contributed by atoms with Crippen molar-refractivity contribution >= 4 is 35.4 Å². The first kappa shape index (κ1) is 28.4. The van der Waals surface area contributed by atoms with Gasteiger partial charge in [-0.05, 0) is 30.7 Å². The highest BCUT2D eigenvalue weighted by molar-refractivity contribution is 6.04. The number of nitrogens with zero attached hydrogens (tertiary/aromatic N) is 4. The van der Waals surface area contributed by atoms with Crippen molar-refractivity contribution in [2.75, 3.05) is 60.1 Å². The van der Waals surface area contributed by atoms with E-state index in [0.29, 0.717) is 17.2 Å². The molecule has 1 atom stereocenters. The number of carbonyl (C=O) groups excluding carboxylic acids is 3. The van der Waals surface area contributed by atoms with E-state index in [-0.39, 0.29) is 5.91 Å². The van der Waals surface area contributed by atoms with Crippen LogP contribution in [0, 0.1) is 0 Å². The van der Waals surface area contributed by atoms with Gasteiger partial charge in [-0.1, -0.05) is 12.1 Å². The van der Waals surface area contributed by atoms with Crippen LogP contribution < -0.4 is 15.4 Å². The molecule has 218 valence electrons. The lowest BCUT2D eigenvalue weighted by atomic mass is 10.1. The highest BCUT2D eigenvalue weighted by Gasteiger charge is 2.34. The number of benzene rings is 1. The number of amidine groups is 1. The predicted octanol–water partition coefficient (Wildman–Crippen LogP) is 2.54. The second-order valence-electron chi connectivity index (χ2n) is 10.1. The molecule has 41 heavy (non-hydrogen) atoms. The minimum Gasteiger partial charge on any atom is -0.497 e. The smallest absolute Gasteiger partial charge is 0.322 e. The molecule has 0 aliphatic carbocycles. The first-order valence-corrected chi connectivity index (χ1v) is 13.8. The molecule has 12 heteroatoms. The Hall–Kier alpha value is -4.16. The fourth-order valence-corrected chi connectivity index (χ4v) is 5.21. The zero-order chi connectivity index (χ0) is 28.9. The molecule has 4 amide bonds. The summed E-state index contributed by atoms with van der Waals surface area (Å²) in [5.74, 6) is 2.43. The maximum Gasteiger partial charge on any atom is 0.322 e. The average molecular weight is 565 g/mol. The van der Waals surface area contributed by atoms with Crippen LogP contribution in [0.15, 0.2) is 39.8 Å². The third kappa shape index (κ3) is 6.28. The van der Waals surface area contributed by atoms with Crippen LogP contribution in [0.25, 0.3) is 6.08 Å². The summed E-state index contributed by atoms with van der Waals surface area (Å²) < 4.78 is 16.0. The number of methoxy groups -OCH3 is 2. The van der Waals surface area contributed by atoms with Crippen LogP contribution in [-0.4, -0.2) is 98.5 Å². The number of fused-ring (bicyclic) bond motifs is 2. The summed E-state index contributed by atoms with van der Waals surface area (Å²) in [5.41, 5.74) is 2.56. The average Bonchev–Trinajstić information content (AvgIpc) is 3.60. The zero-order valence-corrected chi connectivity index (χ0v) is 23.6. The monoisotopic (exact) mass is 564 g/mol. The van der Waals surface area contributed by atoms with E-state index in [2.05, 4.69) is 20.4 Å². The number of nitrogens with one attached hydrogen (secondary N) is 2. The summed E-state index contributed by atoms with van der Waals surface area (Å²) in [7, 11) is 3.33. The van der Waals surface area contributed by atoms with Crippen LogP contribution in [0.1, 0.15) is 46.8 Å². The molecule has 5 heterocycles. The molecule has 4 aliphatic rings. The van der Waals surface area contributed by atoms with Crippen LogP contribution in [-0.2, 0) is 16.1 Å². The minimum absolute atomic E-state index is 0.112. The Morgan fingerprint density at radius 3 is 2.59 bits per heavy atom. The van der Waals surface area contributed by atoms with Crippen molar-refractivity contribution in [1.82, 2.24) is 25.3 Å². The van der Waals surface area contributed by atoms with Gasteiger partial charge in [-0.3, -0.25) is 19.8 Å². The number of ether oxygens (including phenoxy) is 2. The SMILES string of the molecule is CCN1Cc2ccc(OC)cc2C1=O.COCCN1CCN(C2=Nc3cc(C4NC(=O)NC4=O)oc3C=CC2)CC1. The van der Waals surface area contributed by atoms with Crippen LogP contribution >= 0.6 is 0 Å². The molecule has 1 aromatic carbocycles. The number of urea groups is 1. The summed E-state index contributed by atoms with van der Waals surface area (Å²) in [5, 5.41) is 4.76. The molecule has 2 aromatic rings. The molecule has 1 aromatic heterocycles. The topological polar surface area (TPSA) is 129 Å². The Bertz CT molecular complexity index is 1360. The van der Waals surface area contributed by atoms with Crippen molar-refractivity contribution in [3.8, 4) is 5.75 Å². The number of carbonyl (C=O) groups is 3. The Morgan fingerprint density at radius 2 is 1.90 bits per heavy atom. The number of imide groups is 1. The van der Waals surface area contributed by atoms with Gasteiger partial charge in [0.15, 0.2) is 11.8 Å². The van der Waals surface area contributed by atoms with Crippen LogP contribution in [0.5, 0.6) is 5.75 Å². The first-order chi connectivity index (χ1) is 19.9. The lowest BCUT2D eigenvalue weighted by Gasteiger charge is -2.36. The van der Waals surface area contributed by atoms with Crippen LogP contribution in [0.4, 0.5) is 10.5 Å². The molecule has 2 N–H and O–H groups in total. The highest BCUT2D eigenvalue weighted by atomic mass is 16.5. The Balaban J connectivity index is 0.000000202. The van der Waals surface area contributed by atoms with E-state index in [4.69, 9.17) is 18.9 Å². The molecule has 6 rings (SSSR count). The third-order valence-corrected chi connectivity index (χ3v) is 7.56.